The van der Waals surface area contributed by atoms with Crippen LogP contribution < -0.4 is 0 Å². The summed E-state index contributed by atoms with van der Waals surface area (Å²) in [5, 5.41) is 19.9. The topological polar surface area (TPSA) is 53.2 Å². The third kappa shape index (κ3) is 2.35. The van der Waals surface area contributed by atoms with Crippen LogP contribution in [0, 0.1) is 22.6 Å². The van der Waals surface area contributed by atoms with Gasteiger partial charge in [-0.25, -0.2) is 4.39 Å². The second-order valence-electron chi connectivity index (χ2n) is 4.45. The Bertz CT molecular complexity index is 480. The van der Waals surface area contributed by atoms with Crippen LogP contribution in [0.1, 0.15) is 24.5 Å². The average Bonchev–Trinajstić information content (AvgIpc) is 2.39. The molecule has 0 saturated carbocycles. The molecule has 1 aromatic carbocycles. The summed E-state index contributed by atoms with van der Waals surface area (Å²) in [5.41, 5.74) is -0.865. The normalized spacial score (nSPS) is 20.1. The SMILES string of the molecule is N#CC1(C(O)c2ccc(Cl)cc2F)CCOCC1. The predicted octanol–water partition coefficient (Wildman–Crippen LogP) is 2.83. The zero-order valence-electron chi connectivity index (χ0n) is 9.70. The molecule has 18 heavy (non-hydrogen) atoms. The summed E-state index contributed by atoms with van der Waals surface area (Å²) in [6, 6.07) is 6.21. The van der Waals surface area contributed by atoms with Gasteiger partial charge in [0.1, 0.15) is 11.9 Å². The number of rotatable bonds is 2. The highest BCUT2D eigenvalue weighted by atomic mass is 35.5. The molecule has 1 atom stereocenters. The molecule has 3 nitrogen and oxygen atoms in total. The highest BCUT2D eigenvalue weighted by Crippen LogP contribution is 2.42. The molecule has 1 aliphatic heterocycles. The summed E-state index contributed by atoms with van der Waals surface area (Å²) in [6.07, 6.45) is -0.372. The lowest BCUT2D eigenvalue weighted by molar-refractivity contribution is -0.0322. The molecule has 0 spiro atoms. The van der Waals surface area contributed by atoms with Gasteiger partial charge in [0.15, 0.2) is 0 Å². The van der Waals surface area contributed by atoms with Gasteiger partial charge in [0, 0.05) is 23.8 Å². The molecule has 0 bridgehead atoms. The van der Waals surface area contributed by atoms with Gasteiger partial charge in [-0.3, -0.25) is 0 Å². The third-order valence-electron chi connectivity index (χ3n) is 3.39. The highest BCUT2D eigenvalue weighted by Gasteiger charge is 2.41. The van der Waals surface area contributed by atoms with Gasteiger partial charge in [-0.1, -0.05) is 17.7 Å². The first-order chi connectivity index (χ1) is 8.59. The van der Waals surface area contributed by atoms with Crippen LogP contribution in [-0.2, 0) is 4.74 Å². The number of benzene rings is 1. The van der Waals surface area contributed by atoms with Crippen molar-refractivity contribution in [1.29, 1.82) is 5.26 Å². The Labute approximate surface area is 110 Å². The Morgan fingerprint density at radius 1 is 1.44 bits per heavy atom. The summed E-state index contributed by atoms with van der Waals surface area (Å²) in [7, 11) is 0. The molecule has 1 aromatic rings. The molecule has 1 heterocycles. The summed E-state index contributed by atoms with van der Waals surface area (Å²) in [5.74, 6) is -0.587. The molecule has 96 valence electrons. The van der Waals surface area contributed by atoms with Gasteiger partial charge in [-0.15, -0.1) is 0 Å². The van der Waals surface area contributed by atoms with Crippen LogP contribution in [0.25, 0.3) is 0 Å². The monoisotopic (exact) mass is 269 g/mol. The first kappa shape index (κ1) is 13.3. The van der Waals surface area contributed by atoms with E-state index in [0.717, 1.165) is 6.07 Å². The largest absolute Gasteiger partial charge is 0.387 e. The van der Waals surface area contributed by atoms with E-state index < -0.39 is 17.3 Å². The van der Waals surface area contributed by atoms with Crippen molar-refractivity contribution in [2.45, 2.75) is 18.9 Å². The fourth-order valence-electron chi connectivity index (χ4n) is 2.20. The van der Waals surface area contributed by atoms with Gasteiger partial charge in [-0.05, 0) is 25.0 Å². The van der Waals surface area contributed by atoms with E-state index in [0.29, 0.717) is 26.1 Å². The van der Waals surface area contributed by atoms with Crippen LogP contribution in [0.15, 0.2) is 18.2 Å². The molecule has 1 unspecified atom stereocenters. The summed E-state index contributed by atoms with van der Waals surface area (Å²) in [6.45, 7) is 0.805. The minimum Gasteiger partial charge on any atom is -0.387 e. The van der Waals surface area contributed by atoms with E-state index in [9.17, 15) is 14.8 Å². The van der Waals surface area contributed by atoms with E-state index in [2.05, 4.69) is 6.07 Å². The van der Waals surface area contributed by atoms with Crippen molar-refractivity contribution in [3.8, 4) is 6.07 Å². The van der Waals surface area contributed by atoms with E-state index in [1.165, 1.54) is 12.1 Å². The zero-order chi connectivity index (χ0) is 13.2. The zero-order valence-corrected chi connectivity index (χ0v) is 10.5. The third-order valence-corrected chi connectivity index (χ3v) is 3.62. The van der Waals surface area contributed by atoms with Crippen LogP contribution in [0.5, 0.6) is 0 Å². The van der Waals surface area contributed by atoms with Crippen molar-refractivity contribution < 1.29 is 14.2 Å². The van der Waals surface area contributed by atoms with E-state index >= 15 is 0 Å². The van der Waals surface area contributed by atoms with Crippen molar-refractivity contribution in [2.75, 3.05) is 13.2 Å². The predicted molar refractivity (Wildman–Crippen MR) is 64.5 cm³/mol. The fourth-order valence-corrected chi connectivity index (χ4v) is 2.36. The van der Waals surface area contributed by atoms with E-state index in [-0.39, 0.29) is 10.6 Å². The molecule has 1 aliphatic rings. The Balaban J connectivity index is 2.34. The van der Waals surface area contributed by atoms with Crippen molar-refractivity contribution >= 4 is 11.6 Å². The Morgan fingerprint density at radius 2 is 2.11 bits per heavy atom. The number of aliphatic hydroxyl groups is 1. The van der Waals surface area contributed by atoms with E-state index in [1.54, 1.807) is 0 Å². The summed E-state index contributed by atoms with van der Waals surface area (Å²) >= 11 is 5.67. The molecule has 1 saturated heterocycles. The van der Waals surface area contributed by atoms with Crippen molar-refractivity contribution in [3.63, 3.8) is 0 Å². The smallest absolute Gasteiger partial charge is 0.130 e. The number of nitrogens with zero attached hydrogens (tertiary/aromatic N) is 1. The minimum atomic E-state index is -1.16. The number of hydrogen-bond donors (Lipinski definition) is 1. The van der Waals surface area contributed by atoms with Crippen LogP contribution >= 0.6 is 11.6 Å². The molecule has 2 rings (SSSR count). The van der Waals surface area contributed by atoms with Gasteiger partial charge in [0.25, 0.3) is 0 Å². The van der Waals surface area contributed by atoms with Crippen molar-refractivity contribution in [3.05, 3.63) is 34.6 Å². The Morgan fingerprint density at radius 3 is 2.67 bits per heavy atom. The molecule has 1 fully saturated rings. The number of hydrogen-bond acceptors (Lipinski definition) is 3. The van der Waals surface area contributed by atoms with Gasteiger partial charge < -0.3 is 9.84 Å². The number of halogens is 2. The first-order valence-electron chi connectivity index (χ1n) is 5.71. The summed E-state index contributed by atoms with van der Waals surface area (Å²) < 4.78 is 19.0. The van der Waals surface area contributed by atoms with Crippen LogP contribution in [0.4, 0.5) is 4.39 Å². The average molecular weight is 270 g/mol. The minimum absolute atomic E-state index is 0.114. The van der Waals surface area contributed by atoms with Gasteiger partial charge in [-0.2, -0.15) is 5.26 Å². The first-order valence-corrected chi connectivity index (χ1v) is 6.09. The summed E-state index contributed by atoms with van der Waals surface area (Å²) in [4.78, 5) is 0. The molecule has 0 amide bonds. The second kappa shape index (κ2) is 5.23. The number of ether oxygens (including phenoxy) is 1. The Kier molecular flexibility index (Phi) is 3.86. The second-order valence-corrected chi connectivity index (χ2v) is 4.89. The molecular weight excluding hydrogens is 257 g/mol. The molecular formula is C13H13ClFNO2. The molecule has 5 heteroatoms. The van der Waals surface area contributed by atoms with Gasteiger partial charge in [0.2, 0.25) is 0 Å². The standard InChI is InChI=1S/C13H13ClFNO2/c14-9-1-2-10(11(15)7-9)12(17)13(8-16)3-5-18-6-4-13/h1-2,7,12,17H,3-6H2. The Hall–Kier alpha value is -1.15. The molecule has 0 radical (unpaired) electrons. The van der Waals surface area contributed by atoms with Crippen molar-refractivity contribution in [1.82, 2.24) is 0 Å². The van der Waals surface area contributed by atoms with Crippen LogP contribution in [0.3, 0.4) is 0 Å². The van der Waals surface area contributed by atoms with E-state index in [4.69, 9.17) is 16.3 Å². The molecule has 0 aromatic heterocycles. The van der Waals surface area contributed by atoms with Gasteiger partial charge in [0.05, 0.1) is 11.5 Å². The molecule has 0 aliphatic carbocycles. The maximum absolute atomic E-state index is 13.8. The van der Waals surface area contributed by atoms with Crippen LogP contribution in [-0.4, -0.2) is 18.3 Å². The quantitative estimate of drug-likeness (QED) is 0.898. The van der Waals surface area contributed by atoms with Crippen LogP contribution in [0.2, 0.25) is 5.02 Å². The maximum Gasteiger partial charge on any atom is 0.130 e. The van der Waals surface area contributed by atoms with Crippen molar-refractivity contribution in [2.24, 2.45) is 5.41 Å². The van der Waals surface area contributed by atoms with Gasteiger partial charge >= 0.3 is 0 Å². The van der Waals surface area contributed by atoms with E-state index in [1.807, 2.05) is 0 Å². The fraction of sp³-hybridized carbons (Fsp3) is 0.462. The lowest BCUT2D eigenvalue weighted by atomic mass is 9.74. The lowest BCUT2D eigenvalue weighted by Crippen LogP contribution is -2.34. The maximum atomic E-state index is 13.8. The number of aliphatic hydroxyl groups excluding tert-OH is 1. The molecule has 1 N–H and O–H groups in total. The highest BCUT2D eigenvalue weighted by molar-refractivity contribution is 6.30. The lowest BCUT2D eigenvalue weighted by Gasteiger charge is -2.35. The number of nitriles is 1.